The highest BCUT2D eigenvalue weighted by Crippen LogP contribution is 2.25. The van der Waals surface area contributed by atoms with Crippen molar-refractivity contribution in [2.45, 2.75) is 24.5 Å². The van der Waals surface area contributed by atoms with Gasteiger partial charge in [0, 0.05) is 33.6 Å². The summed E-state index contributed by atoms with van der Waals surface area (Å²) in [6, 6.07) is 13.6. The average molecular weight is 428 g/mol. The first-order chi connectivity index (χ1) is 13.7. The van der Waals surface area contributed by atoms with Crippen LogP contribution in [0.5, 0.6) is 0 Å². The maximum Gasteiger partial charge on any atom is 0.195 e. The minimum absolute atomic E-state index is 0.0772. The van der Waals surface area contributed by atoms with Crippen molar-refractivity contribution in [3.63, 3.8) is 0 Å². The second-order valence-corrected chi connectivity index (χ2v) is 9.03. The molecule has 0 N–H and O–H groups in total. The van der Waals surface area contributed by atoms with E-state index in [1.54, 1.807) is 37.4 Å². The molecule has 3 rings (SSSR count). The van der Waals surface area contributed by atoms with E-state index in [9.17, 15) is 18.0 Å². The molecule has 0 aliphatic rings. The Morgan fingerprint density at radius 1 is 1.00 bits per heavy atom. The molecule has 0 fully saturated rings. The molecule has 0 bridgehead atoms. The number of halogens is 1. The van der Waals surface area contributed by atoms with E-state index in [0.29, 0.717) is 27.4 Å². The van der Waals surface area contributed by atoms with Gasteiger partial charge in [-0.2, -0.15) is 0 Å². The second-order valence-electron chi connectivity index (χ2n) is 6.61. The van der Waals surface area contributed by atoms with E-state index >= 15 is 0 Å². The molecule has 0 spiro atoms. The summed E-state index contributed by atoms with van der Waals surface area (Å²) < 4.78 is 25.8. The SMILES string of the molecule is CC(=O)c1ccc(S(=O)(=O)Cc2ccc(Cl)cc2C(=O)c2cccnc2C)cc1. The van der Waals surface area contributed by atoms with Crippen LogP contribution >= 0.6 is 11.6 Å². The van der Waals surface area contributed by atoms with Crippen molar-refractivity contribution in [3.8, 4) is 0 Å². The summed E-state index contributed by atoms with van der Waals surface area (Å²) in [6.07, 6.45) is 1.58. The molecule has 0 unspecified atom stereocenters. The Morgan fingerprint density at radius 3 is 2.31 bits per heavy atom. The van der Waals surface area contributed by atoms with Crippen molar-refractivity contribution in [1.82, 2.24) is 4.98 Å². The molecule has 0 saturated carbocycles. The molecule has 29 heavy (non-hydrogen) atoms. The number of hydrogen-bond acceptors (Lipinski definition) is 5. The molecular weight excluding hydrogens is 410 g/mol. The van der Waals surface area contributed by atoms with Crippen molar-refractivity contribution in [3.05, 3.63) is 93.8 Å². The van der Waals surface area contributed by atoms with E-state index in [1.807, 2.05) is 0 Å². The molecular formula is C22H18ClNO4S. The zero-order valence-electron chi connectivity index (χ0n) is 15.8. The molecule has 3 aromatic rings. The topological polar surface area (TPSA) is 81.2 Å². The normalized spacial score (nSPS) is 11.3. The molecule has 5 nitrogen and oxygen atoms in total. The smallest absolute Gasteiger partial charge is 0.195 e. The van der Waals surface area contributed by atoms with Gasteiger partial charge in [0.15, 0.2) is 21.4 Å². The van der Waals surface area contributed by atoms with Gasteiger partial charge in [0.1, 0.15) is 0 Å². The van der Waals surface area contributed by atoms with Crippen LogP contribution in [-0.4, -0.2) is 25.0 Å². The average Bonchev–Trinajstić information content (AvgIpc) is 2.69. The van der Waals surface area contributed by atoms with Crippen molar-refractivity contribution >= 4 is 33.0 Å². The molecule has 0 amide bonds. The highest BCUT2D eigenvalue weighted by atomic mass is 35.5. The van der Waals surface area contributed by atoms with Crippen molar-refractivity contribution in [1.29, 1.82) is 0 Å². The summed E-state index contributed by atoms with van der Waals surface area (Å²) in [5, 5.41) is 0.335. The third-order valence-corrected chi connectivity index (χ3v) is 6.45. The number of carbonyl (C=O) groups is 2. The quantitative estimate of drug-likeness (QED) is 0.543. The maximum absolute atomic E-state index is 13.1. The zero-order valence-corrected chi connectivity index (χ0v) is 17.4. The molecule has 1 aromatic heterocycles. The summed E-state index contributed by atoms with van der Waals surface area (Å²) in [5.74, 6) is -0.856. The highest BCUT2D eigenvalue weighted by Gasteiger charge is 2.22. The lowest BCUT2D eigenvalue weighted by atomic mass is 9.98. The predicted octanol–water partition coefficient (Wildman–Crippen LogP) is 4.45. The number of ketones is 2. The Hall–Kier alpha value is -2.83. The van der Waals surface area contributed by atoms with Crippen LogP contribution in [0, 0.1) is 6.92 Å². The molecule has 0 aliphatic carbocycles. The first-order valence-corrected chi connectivity index (χ1v) is 10.8. The summed E-state index contributed by atoms with van der Waals surface area (Å²) in [6.45, 7) is 3.13. The van der Waals surface area contributed by atoms with Crippen LogP contribution in [0.4, 0.5) is 0 Å². The van der Waals surface area contributed by atoms with E-state index in [1.165, 1.54) is 37.3 Å². The monoisotopic (exact) mass is 427 g/mol. The predicted molar refractivity (Wildman–Crippen MR) is 111 cm³/mol. The third-order valence-electron chi connectivity index (χ3n) is 4.53. The van der Waals surface area contributed by atoms with Crippen molar-refractivity contribution in [2.75, 3.05) is 0 Å². The first-order valence-electron chi connectivity index (χ1n) is 8.77. The lowest BCUT2D eigenvalue weighted by Gasteiger charge is -2.12. The van der Waals surface area contributed by atoms with Crippen LogP contribution in [0.15, 0.2) is 65.7 Å². The number of nitrogens with zero attached hydrogens (tertiary/aromatic N) is 1. The van der Waals surface area contributed by atoms with Crippen LogP contribution in [0.1, 0.15) is 44.5 Å². The van der Waals surface area contributed by atoms with Gasteiger partial charge < -0.3 is 0 Å². The summed E-state index contributed by atoms with van der Waals surface area (Å²) in [5.41, 5.74) is 1.93. The fourth-order valence-electron chi connectivity index (χ4n) is 2.94. The minimum atomic E-state index is -3.74. The molecule has 7 heteroatoms. The van der Waals surface area contributed by atoms with Gasteiger partial charge in [0.2, 0.25) is 0 Å². The third kappa shape index (κ3) is 4.60. The number of pyridine rings is 1. The number of aromatic nitrogens is 1. The summed E-state index contributed by atoms with van der Waals surface area (Å²) >= 11 is 6.07. The number of sulfone groups is 1. The Morgan fingerprint density at radius 2 is 1.69 bits per heavy atom. The van der Waals surface area contributed by atoms with Gasteiger partial charge in [0.25, 0.3) is 0 Å². The minimum Gasteiger partial charge on any atom is -0.295 e. The number of benzene rings is 2. The molecule has 0 radical (unpaired) electrons. The molecule has 0 aliphatic heterocycles. The highest BCUT2D eigenvalue weighted by molar-refractivity contribution is 7.90. The van der Waals surface area contributed by atoms with Crippen molar-refractivity contribution in [2.24, 2.45) is 0 Å². The first kappa shape index (κ1) is 20.9. The van der Waals surface area contributed by atoms with Gasteiger partial charge in [-0.25, -0.2) is 8.42 Å². The Kier molecular flexibility index (Phi) is 5.96. The fourth-order valence-corrected chi connectivity index (χ4v) is 4.49. The second kappa shape index (κ2) is 8.27. The van der Waals surface area contributed by atoms with Gasteiger partial charge >= 0.3 is 0 Å². The van der Waals surface area contributed by atoms with Gasteiger partial charge in [-0.3, -0.25) is 14.6 Å². The molecule has 0 atom stereocenters. The van der Waals surface area contributed by atoms with E-state index in [0.717, 1.165) is 0 Å². The molecule has 2 aromatic carbocycles. The summed E-state index contributed by atoms with van der Waals surface area (Å²) in [4.78, 5) is 28.7. The number of rotatable bonds is 6. The van der Waals surface area contributed by atoms with Crippen molar-refractivity contribution < 1.29 is 18.0 Å². The van der Waals surface area contributed by atoms with Gasteiger partial charge in [-0.1, -0.05) is 29.8 Å². The molecule has 1 heterocycles. The standard InChI is InChI=1S/C22H18ClNO4S/c1-14-20(4-3-11-24-14)22(26)21-12-18(23)8-5-17(21)13-29(27,28)19-9-6-16(7-10-19)15(2)25/h3-12H,13H2,1-2H3. The maximum atomic E-state index is 13.1. The molecule has 148 valence electrons. The zero-order chi connectivity index (χ0) is 21.2. The van der Waals surface area contributed by atoms with Gasteiger partial charge in [-0.05, 0) is 55.8 Å². The van der Waals surface area contributed by atoms with E-state index in [-0.39, 0.29) is 27.8 Å². The fraction of sp³-hybridized carbons (Fsp3) is 0.136. The Labute approximate surface area is 174 Å². The number of aryl methyl sites for hydroxylation is 1. The molecule has 0 saturated heterocycles. The van der Waals surface area contributed by atoms with E-state index in [4.69, 9.17) is 11.6 Å². The number of hydrogen-bond donors (Lipinski definition) is 0. The van der Waals surface area contributed by atoms with Crippen LogP contribution in [0.25, 0.3) is 0 Å². The Bertz CT molecular complexity index is 1200. The lowest BCUT2D eigenvalue weighted by molar-refractivity contribution is 0.101. The number of carbonyl (C=O) groups excluding carboxylic acids is 2. The van der Waals surface area contributed by atoms with Gasteiger partial charge in [-0.15, -0.1) is 0 Å². The number of Topliss-reactive ketones (excluding diaryl/α,β-unsaturated/α-hetero) is 1. The summed E-state index contributed by atoms with van der Waals surface area (Å²) in [7, 11) is -3.74. The van der Waals surface area contributed by atoms with Crippen LogP contribution in [0.3, 0.4) is 0 Å². The van der Waals surface area contributed by atoms with Crippen LogP contribution in [-0.2, 0) is 15.6 Å². The van der Waals surface area contributed by atoms with E-state index < -0.39 is 9.84 Å². The largest absolute Gasteiger partial charge is 0.295 e. The van der Waals surface area contributed by atoms with Gasteiger partial charge in [0.05, 0.1) is 10.6 Å². The van der Waals surface area contributed by atoms with Crippen LogP contribution < -0.4 is 0 Å². The van der Waals surface area contributed by atoms with Crippen LogP contribution in [0.2, 0.25) is 5.02 Å². The lowest BCUT2D eigenvalue weighted by Crippen LogP contribution is -2.12. The Balaban J connectivity index is 2.00. The van der Waals surface area contributed by atoms with E-state index in [2.05, 4.69) is 4.98 Å².